The molecule has 1 aromatic rings. The monoisotopic (exact) mass is 225 g/mol. The summed E-state index contributed by atoms with van der Waals surface area (Å²) in [5, 5.41) is 7.81. The largest absolute Gasteiger partial charge is 0.379 e. The first-order valence-electron chi connectivity index (χ1n) is 5.77. The Labute approximate surface area is 95.6 Å². The van der Waals surface area contributed by atoms with Crippen LogP contribution in [0.1, 0.15) is 24.8 Å². The molecule has 2 rings (SSSR count). The third kappa shape index (κ3) is 3.93. The highest BCUT2D eigenvalue weighted by Gasteiger charge is 2.11. The highest BCUT2D eigenvalue weighted by molar-refractivity contribution is 7.07. The minimum atomic E-state index is 0.598. The van der Waals surface area contributed by atoms with Crippen LogP contribution in [-0.4, -0.2) is 25.8 Å². The van der Waals surface area contributed by atoms with Gasteiger partial charge in [0.05, 0.1) is 13.2 Å². The van der Waals surface area contributed by atoms with Gasteiger partial charge >= 0.3 is 0 Å². The number of rotatable bonds is 5. The molecule has 1 aliphatic heterocycles. The highest BCUT2D eigenvalue weighted by atomic mass is 32.1. The lowest BCUT2D eigenvalue weighted by molar-refractivity contribution is 0.105. The van der Waals surface area contributed by atoms with E-state index in [0.29, 0.717) is 6.04 Å². The van der Waals surface area contributed by atoms with Gasteiger partial charge in [-0.15, -0.1) is 0 Å². The molecule has 1 saturated heterocycles. The number of nitrogens with one attached hydrogen (secondary N) is 1. The second-order valence-corrected chi connectivity index (χ2v) is 4.88. The fourth-order valence-electron chi connectivity index (χ4n) is 1.92. The first-order chi connectivity index (χ1) is 7.45. The van der Waals surface area contributed by atoms with Crippen molar-refractivity contribution < 1.29 is 4.74 Å². The number of piperidine rings is 1. The summed E-state index contributed by atoms with van der Waals surface area (Å²) < 4.78 is 5.69. The van der Waals surface area contributed by atoms with Crippen LogP contribution in [0.3, 0.4) is 0 Å². The fourth-order valence-corrected chi connectivity index (χ4v) is 2.62. The van der Waals surface area contributed by atoms with E-state index in [1.54, 1.807) is 11.3 Å². The van der Waals surface area contributed by atoms with Gasteiger partial charge in [-0.05, 0) is 48.2 Å². The molecule has 0 saturated carbocycles. The molecule has 0 aliphatic carbocycles. The Morgan fingerprint density at radius 2 is 2.47 bits per heavy atom. The van der Waals surface area contributed by atoms with E-state index in [1.165, 1.54) is 31.4 Å². The van der Waals surface area contributed by atoms with Gasteiger partial charge in [0, 0.05) is 6.04 Å². The Morgan fingerprint density at radius 1 is 1.47 bits per heavy atom. The van der Waals surface area contributed by atoms with Crippen molar-refractivity contribution in [2.24, 2.45) is 0 Å². The second-order valence-electron chi connectivity index (χ2n) is 4.10. The molecule has 0 amide bonds. The van der Waals surface area contributed by atoms with Crippen molar-refractivity contribution in [2.75, 3.05) is 19.8 Å². The van der Waals surface area contributed by atoms with Gasteiger partial charge < -0.3 is 10.1 Å². The number of hydrogen-bond acceptors (Lipinski definition) is 3. The predicted octanol–water partition coefficient (Wildman–Crippen LogP) is 2.45. The zero-order chi connectivity index (χ0) is 10.3. The Kier molecular flexibility index (Phi) is 4.64. The molecule has 1 aliphatic rings. The first-order valence-corrected chi connectivity index (χ1v) is 6.71. The molecule has 1 aromatic heterocycles. The van der Waals surface area contributed by atoms with Crippen LogP contribution in [0.2, 0.25) is 0 Å². The van der Waals surface area contributed by atoms with Crippen LogP contribution in [0.15, 0.2) is 16.8 Å². The Bertz CT molecular complexity index is 255. The smallest absolute Gasteiger partial charge is 0.0619 e. The Hall–Kier alpha value is -0.380. The van der Waals surface area contributed by atoms with Crippen molar-refractivity contribution in [3.05, 3.63) is 22.4 Å². The van der Waals surface area contributed by atoms with E-state index < -0.39 is 0 Å². The average Bonchev–Trinajstić information content (AvgIpc) is 2.79. The second kappa shape index (κ2) is 6.26. The molecule has 2 heterocycles. The van der Waals surface area contributed by atoms with E-state index in [9.17, 15) is 0 Å². The average molecular weight is 225 g/mol. The summed E-state index contributed by atoms with van der Waals surface area (Å²) in [6.45, 7) is 2.90. The summed E-state index contributed by atoms with van der Waals surface area (Å²) in [5.41, 5.74) is 1.40. The normalized spacial score (nSPS) is 21.7. The Balaban J connectivity index is 1.54. The summed E-state index contributed by atoms with van der Waals surface area (Å²) in [6, 6.07) is 2.77. The van der Waals surface area contributed by atoms with Crippen LogP contribution in [-0.2, 0) is 11.2 Å². The van der Waals surface area contributed by atoms with Crippen molar-refractivity contribution in [3.63, 3.8) is 0 Å². The molecule has 0 bridgehead atoms. The molecule has 0 radical (unpaired) electrons. The Morgan fingerprint density at radius 3 is 3.20 bits per heavy atom. The van der Waals surface area contributed by atoms with Crippen LogP contribution in [0, 0.1) is 0 Å². The van der Waals surface area contributed by atoms with E-state index in [0.717, 1.165) is 19.6 Å². The maximum atomic E-state index is 5.69. The quantitative estimate of drug-likeness (QED) is 0.777. The lowest BCUT2D eigenvalue weighted by Gasteiger charge is -2.23. The lowest BCUT2D eigenvalue weighted by Crippen LogP contribution is -2.37. The van der Waals surface area contributed by atoms with Crippen molar-refractivity contribution in [2.45, 2.75) is 31.7 Å². The molecule has 1 atom stereocenters. The maximum absolute atomic E-state index is 5.69. The fraction of sp³-hybridized carbons (Fsp3) is 0.667. The minimum absolute atomic E-state index is 0.598. The molecule has 0 aromatic carbocycles. The molecule has 0 spiro atoms. The summed E-state index contributed by atoms with van der Waals surface area (Å²) in [6.07, 6.45) is 5.01. The molecule has 15 heavy (non-hydrogen) atoms. The summed E-state index contributed by atoms with van der Waals surface area (Å²) >= 11 is 1.76. The van der Waals surface area contributed by atoms with Gasteiger partial charge in [-0.2, -0.15) is 11.3 Å². The molecule has 1 fully saturated rings. The predicted molar refractivity (Wildman–Crippen MR) is 64.5 cm³/mol. The third-order valence-corrected chi connectivity index (χ3v) is 3.58. The molecule has 2 nitrogen and oxygen atoms in total. The molecular weight excluding hydrogens is 206 g/mol. The minimum Gasteiger partial charge on any atom is -0.379 e. The van der Waals surface area contributed by atoms with Crippen molar-refractivity contribution in [1.29, 1.82) is 0 Å². The standard InChI is InChI=1S/C12H19NOS/c1-2-6-13-12(3-1)9-14-7-4-11-5-8-15-10-11/h5,8,10,12-13H,1-4,6-7,9H2. The van der Waals surface area contributed by atoms with Crippen molar-refractivity contribution in [3.8, 4) is 0 Å². The van der Waals surface area contributed by atoms with Gasteiger partial charge in [-0.1, -0.05) is 6.42 Å². The molecule has 84 valence electrons. The topological polar surface area (TPSA) is 21.3 Å². The zero-order valence-corrected chi connectivity index (χ0v) is 9.89. The van der Waals surface area contributed by atoms with Crippen LogP contribution >= 0.6 is 11.3 Å². The van der Waals surface area contributed by atoms with Crippen LogP contribution in [0.25, 0.3) is 0 Å². The number of hydrogen-bond donors (Lipinski definition) is 1. The zero-order valence-electron chi connectivity index (χ0n) is 9.08. The number of ether oxygens (including phenoxy) is 1. The summed E-state index contributed by atoms with van der Waals surface area (Å²) in [4.78, 5) is 0. The van der Waals surface area contributed by atoms with E-state index in [1.807, 2.05) is 0 Å². The van der Waals surface area contributed by atoms with E-state index in [2.05, 4.69) is 22.1 Å². The van der Waals surface area contributed by atoms with Gasteiger partial charge in [0.2, 0.25) is 0 Å². The van der Waals surface area contributed by atoms with Crippen LogP contribution in [0.4, 0.5) is 0 Å². The van der Waals surface area contributed by atoms with E-state index >= 15 is 0 Å². The van der Waals surface area contributed by atoms with E-state index in [-0.39, 0.29) is 0 Å². The van der Waals surface area contributed by atoms with Gasteiger partial charge in [0.15, 0.2) is 0 Å². The SMILES string of the molecule is c1cc(CCOCC2CCCCN2)cs1. The van der Waals surface area contributed by atoms with Crippen LogP contribution < -0.4 is 5.32 Å². The molecular formula is C12H19NOS. The third-order valence-electron chi connectivity index (χ3n) is 2.85. The molecule has 3 heteroatoms. The van der Waals surface area contributed by atoms with Crippen molar-refractivity contribution >= 4 is 11.3 Å². The van der Waals surface area contributed by atoms with Gasteiger partial charge in [-0.25, -0.2) is 0 Å². The number of thiophene rings is 1. The van der Waals surface area contributed by atoms with Gasteiger partial charge in [0.25, 0.3) is 0 Å². The van der Waals surface area contributed by atoms with Crippen LogP contribution in [0.5, 0.6) is 0 Å². The van der Waals surface area contributed by atoms with Crippen molar-refractivity contribution in [1.82, 2.24) is 5.32 Å². The summed E-state index contributed by atoms with van der Waals surface area (Å²) in [7, 11) is 0. The highest BCUT2D eigenvalue weighted by Crippen LogP contribution is 2.09. The molecule has 1 N–H and O–H groups in total. The van der Waals surface area contributed by atoms with E-state index in [4.69, 9.17) is 4.74 Å². The maximum Gasteiger partial charge on any atom is 0.0619 e. The molecule has 1 unspecified atom stereocenters. The van der Waals surface area contributed by atoms with Gasteiger partial charge in [0.1, 0.15) is 0 Å². The summed E-state index contributed by atoms with van der Waals surface area (Å²) in [5.74, 6) is 0. The van der Waals surface area contributed by atoms with Gasteiger partial charge in [-0.3, -0.25) is 0 Å². The first kappa shape index (κ1) is 11.1. The lowest BCUT2D eigenvalue weighted by atomic mass is 10.1.